The van der Waals surface area contributed by atoms with Crippen molar-refractivity contribution in [1.29, 1.82) is 0 Å². The third kappa shape index (κ3) is 6.60. The summed E-state index contributed by atoms with van der Waals surface area (Å²) in [6.45, 7) is 8.38. The molecular weight excluding hydrogens is 314 g/mol. The Morgan fingerprint density at radius 2 is 1.83 bits per heavy atom. The maximum absolute atomic E-state index is 12.5. The van der Waals surface area contributed by atoms with Gasteiger partial charge in [0.25, 0.3) is 0 Å². The molecule has 0 aromatic heterocycles. The minimum atomic E-state index is -3.60. The molecule has 0 heterocycles. The van der Waals surface area contributed by atoms with Crippen molar-refractivity contribution in [2.45, 2.75) is 53.1 Å². The summed E-state index contributed by atoms with van der Waals surface area (Å²) in [5, 5.41) is 0. The molecule has 1 aromatic carbocycles. The van der Waals surface area contributed by atoms with E-state index in [0.717, 1.165) is 12.7 Å². The topological polar surface area (TPSA) is 63.7 Å². The Morgan fingerprint density at radius 1 is 1.22 bits per heavy atom. The molecule has 5 nitrogen and oxygen atoms in total. The molecule has 23 heavy (non-hydrogen) atoms. The Labute approximate surface area is 139 Å². The minimum Gasteiger partial charge on any atom is -0.382 e. The van der Waals surface area contributed by atoms with Gasteiger partial charge in [-0.3, -0.25) is 4.79 Å². The van der Waals surface area contributed by atoms with Crippen molar-refractivity contribution in [3.63, 3.8) is 0 Å². The molecule has 6 heteroatoms. The monoisotopic (exact) mass is 341 g/mol. The van der Waals surface area contributed by atoms with Gasteiger partial charge in [0.05, 0.1) is 6.26 Å². The first-order valence-electron chi connectivity index (χ1n) is 7.90. The molecule has 0 saturated heterocycles. The maximum Gasteiger partial charge on any atom is 0.306 e. The molecule has 1 rings (SSSR count). The highest BCUT2D eigenvalue weighted by Crippen LogP contribution is 2.23. The summed E-state index contributed by atoms with van der Waals surface area (Å²) in [6, 6.07) is 7.00. The summed E-state index contributed by atoms with van der Waals surface area (Å²) in [7, 11) is -3.60. The van der Waals surface area contributed by atoms with Crippen LogP contribution in [0.2, 0.25) is 0 Å². The van der Waals surface area contributed by atoms with Gasteiger partial charge in [-0.25, -0.2) is 0 Å². The van der Waals surface area contributed by atoms with Gasteiger partial charge in [-0.05, 0) is 25.3 Å². The van der Waals surface area contributed by atoms with Crippen LogP contribution in [0.5, 0.6) is 5.75 Å². The van der Waals surface area contributed by atoms with Crippen molar-refractivity contribution in [2.24, 2.45) is 5.92 Å². The Balaban J connectivity index is 3.06. The van der Waals surface area contributed by atoms with E-state index < -0.39 is 10.1 Å². The molecule has 0 fully saturated rings. The third-order valence-electron chi connectivity index (χ3n) is 3.58. The molecule has 0 spiro atoms. The van der Waals surface area contributed by atoms with E-state index in [-0.39, 0.29) is 23.6 Å². The number of nitrogens with zero attached hydrogens (tertiary/aromatic N) is 1. The van der Waals surface area contributed by atoms with Crippen LogP contribution in [0, 0.1) is 5.92 Å². The first kappa shape index (κ1) is 19.5. The van der Waals surface area contributed by atoms with E-state index in [1.807, 2.05) is 33.8 Å². The van der Waals surface area contributed by atoms with E-state index in [1.54, 1.807) is 23.1 Å². The van der Waals surface area contributed by atoms with Gasteiger partial charge in [-0.15, -0.1) is 0 Å². The third-order valence-corrected chi connectivity index (χ3v) is 4.06. The smallest absolute Gasteiger partial charge is 0.306 e. The molecule has 0 aliphatic carbocycles. The lowest BCUT2D eigenvalue weighted by Crippen LogP contribution is -2.38. The normalized spacial score (nSPS) is 13.0. The maximum atomic E-state index is 12.5. The number of benzene rings is 1. The van der Waals surface area contributed by atoms with Gasteiger partial charge < -0.3 is 9.08 Å². The number of hydrogen-bond acceptors (Lipinski definition) is 4. The summed E-state index contributed by atoms with van der Waals surface area (Å²) in [4.78, 5) is 14.3. The van der Waals surface area contributed by atoms with Gasteiger partial charge in [0.2, 0.25) is 5.91 Å². The second kappa shape index (κ2) is 8.34. The molecule has 0 N–H and O–H groups in total. The zero-order valence-corrected chi connectivity index (χ0v) is 15.4. The highest BCUT2D eigenvalue weighted by atomic mass is 32.2. The largest absolute Gasteiger partial charge is 0.382 e. The van der Waals surface area contributed by atoms with Crippen molar-refractivity contribution >= 4 is 16.0 Å². The first-order chi connectivity index (χ1) is 10.6. The summed E-state index contributed by atoms with van der Waals surface area (Å²) in [5.41, 5.74) is 0.690. The average molecular weight is 341 g/mol. The zero-order chi connectivity index (χ0) is 17.6. The fourth-order valence-corrected chi connectivity index (χ4v) is 2.73. The molecular formula is C17H27NO4S. The fraction of sp³-hybridized carbons (Fsp3) is 0.588. The van der Waals surface area contributed by atoms with E-state index in [9.17, 15) is 13.2 Å². The van der Waals surface area contributed by atoms with E-state index in [1.165, 1.54) is 0 Å². The molecule has 1 aromatic rings. The van der Waals surface area contributed by atoms with Crippen molar-refractivity contribution in [3.05, 3.63) is 29.8 Å². The zero-order valence-electron chi connectivity index (χ0n) is 14.6. The lowest BCUT2D eigenvalue weighted by atomic mass is 10.1. The van der Waals surface area contributed by atoms with Crippen molar-refractivity contribution in [3.8, 4) is 5.75 Å². The number of rotatable bonds is 8. The van der Waals surface area contributed by atoms with Crippen LogP contribution in [-0.4, -0.2) is 31.5 Å². The molecule has 130 valence electrons. The Morgan fingerprint density at radius 3 is 2.35 bits per heavy atom. The van der Waals surface area contributed by atoms with E-state index in [0.29, 0.717) is 18.5 Å². The van der Waals surface area contributed by atoms with Crippen LogP contribution >= 0.6 is 0 Å². The quantitative estimate of drug-likeness (QED) is 0.681. The summed E-state index contributed by atoms with van der Waals surface area (Å²) < 4.78 is 27.9. The highest BCUT2D eigenvalue weighted by Gasteiger charge is 2.22. The molecule has 1 amide bonds. The molecule has 0 bridgehead atoms. The molecule has 0 unspecified atom stereocenters. The van der Waals surface area contributed by atoms with Gasteiger partial charge in [-0.1, -0.05) is 39.0 Å². The fourth-order valence-electron chi connectivity index (χ4n) is 2.24. The molecule has 0 aliphatic heterocycles. The van der Waals surface area contributed by atoms with Gasteiger partial charge in [0, 0.05) is 24.6 Å². The van der Waals surface area contributed by atoms with Crippen LogP contribution < -0.4 is 4.18 Å². The minimum absolute atomic E-state index is 0.0727. The van der Waals surface area contributed by atoms with Gasteiger partial charge in [0.1, 0.15) is 5.75 Å². The SMILES string of the molecule is CC[C@@H](C)N(Cc1ccccc1OS(C)(=O)=O)C(=O)CC(C)C. The predicted octanol–water partition coefficient (Wildman–Crippen LogP) is 3.20. The molecule has 1 atom stereocenters. The van der Waals surface area contributed by atoms with Gasteiger partial charge in [0.15, 0.2) is 0 Å². The summed E-state index contributed by atoms with van der Waals surface area (Å²) in [6.07, 6.45) is 2.32. The molecule has 0 radical (unpaired) electrons. The van der Waals surface area contributed by atoms with Crippen LogP contribution in [-0.2, 0) is 21.5 Å². The van der Waals surface area contributed by atoms with Crippen molar-refractivity contribution in [2.75, 3.05) is 6.26 Å². The van der Waals surface area contributed by atoms with Gasteiger partial charge in [-0.2, -0.15) is 8.42 Å². The lowest BCUT2D eigenvalue weighted by Gasteiger charge is -2.30. The van der Waals surface area contributed by atoms with E-state index in [2.05, 4.69) is 0 Å². The highest BCUT2D eigenvalue weighted by molar-refractivity contribution is 7.86. The van der Waals surface area contributed by atoms with E-state index >= 15 is 0 Å². The summed E-state index contributed by atoms with van der Waals surface area (Å²) >= 11 is 0. The van der Waals surface area contributed by atoms with Crippen LogP contribution in [0.15, 0.2) is 24.3 Å². The number of para-hydroxylation sites is 1. The van der Waals surface area contributed by atoms with Gasteiger partial charge >= 0.3 is 10.1 Å². The van der Waals surface area contributed by atoms with Crippen LogP contribution in [0.1, 0.15) is 46.1 Å². The Kier molecular flexibility index (Phi) is 7.06. The van der Waals surface area contributed by atoms with Crippen LogP contribution in [0.25, 0.3) is 0 Å². The number of hydrogen-bond donors (Lipinski definition) is 0. The Bertz CT molecular complexity index is 625. The van der Waals surface area contributed by atoms with Crippen LogP contribution in [0.4, 0.5) is 0 Å². The number of amides is 1. The molecule has 0 saturated carbocycles. The van der Waals surface area contributed by atoms with Crippen molar-refractivity contribution < 1.29 is 17.4 Å². The second-order valence-electron chi connectivity index (χ2n) is 6.27. The average Bonchev–Trinajstić information content (AvgIpc) is 2.43. The molecule has 0 aliphatic rings. The van der Waals surface area contributed by atoms with E-state index in [4.69, 9.17) is 4.18 Å². The standard InChI is InChI=1S/C17H27NO4S/c1-6-14(4)18(17(19)11-13(2)3)12-15-9-7-8-10-16(15)22-23(5,20)21/h7-10,13-14H,6,11-12H2,1-5H3/t14-/m1/s1. The summed E-state index contributed by atoms with van der Waals surface area (Å²) in [5.74, 6) is 0.626. The second-order valence-corrected chi connectivity index (χ2v) is 7.85. The predicted molar refractivity (Wildman–Crippen MR) is 91.7 cm³/mol. The first-order valence-corrected chi connectivity index (χ1v) is 9.72. The van der Waals surface area contributed by atoms with Crippen molar-refractivity contribution in [1.82, 2.24) is 4.90 Å². The lowest BCUT2D eigenvalue weighted by molar-refractivity contribution is -0.134. The number of carbonyl (C=O) groups excluding carboxylic acids is 1. The Hall–Kier alpha value is -1.56. The van der Waals surface area contributed by atoms with Crippen LogP contribution in [0.3, 0.4) is 0 Å². The number of carbonyl (C=O) groups is 1.